The molecule has 6 rings (SSSR count). The van der Waals surface area contributed by atoms with Gasteiger partial charge in [-0.2, -0.15) is 5.10 Å². The molecule has 0 fully saturated rings. The maximum Gasteiger partial charge on any atom is 0.365 e. The number of thioether (sulfide) groups is 2. The molecular weight excluding hydrogens is 544 g/mol. The van der Waals surface area contributed by atoms with Gasteiger partial charge in [-0.3, -0.25) is 0 Å². The van der Waals surface area contributed by atoms with Crippen LogP contribution in [0.3, 0.4) is 0 Å². The van der Waals surface area contributed by atoms with Crippen LogP contribution in [0.25, 0.3) is 0 Å². The number of hydrogen-bond donors (Lipinski definition) is 0. The van der Waals surface area contributed by atoms with Crippen molar-refractivity contribution >= 4 is 51.8 Å². The number of benzene rings is 4. The van der Waals surface area contributed by atoms with Gasteiger partial charge in [0.05, 0.1) is 17.0 Å². The minimum atomic E-state index is -0.784. The zero-order valence-corrected chi connectivity index (χ0v) is 24.2. The van der Waals surface area contributed by atoms with Gasteiger partial charge >= 0.3 is 5.97 Å². The number of nitrogens with zero attached hydrogens (tertiary/aromatic N) is 2. The maximum absolute atomic E-state index is 13.1. The molecule has 0 aliphatic carbocycles. The fraction of sp³-hybridized carbons (Fsp3) is 0.188. The van der Waals surface area contributed by atoms with Crippen molar-refractivity contribution in [3.63, 3.8) is 0 Å². The molecule has 4 nitrogen and oxygen atoms in total. The molecule has 0 saturated heterocycles. The van der Waals surface area contributed by atoms with Crippen LogP contribution in [0.2, 0.25) is 5.02 Å². The van der Waals surface area contributed by atoms with E-state index in [1.54, 1.807) is 11.8 Å². The molecular formula is C32H27ClN2O2S2. The van der Waals surface area contributed by atoms with Crippen LogP contribution in [0.5, 0.6) is 0 Å². The molecule has 0 saturated carbocycles. The molecule has 0 radical (unpaired) electrons. The Morgan fingerprint density at radius 3 is 2.03 bits per heavy atom. The van der Waals surface area contributed by atoms with E-state index in [1.807, 2.05) is 36.2 Å². The van der Waals surface area contributed by atoms with Crippen LogP contribution >= 0.6 is 35.1 Å². The van der Waals surface area contributed by atoms with Crippen molar-refractivity contribution in [3.8, 4) is 0 Å². The third kappa shape index (κ3) is 4.08. The van der Waals surface area contributed by atoms with Crippen molar-refractivity contribution in [3.05, 3.63) is 135 Å². The maximum atomic E-state index is 13.1. The molecule has 1 spiro atoms. The smallest absolute Gasteiger partial charge is 0.365 e. The highest BCUT2D eigenvalue weighted by molar-refractivity contribution is 8.27. The molecule has 0 N–H and O–H groups in total. The van der Waals surface area contributed by atoms with E-state index in [0.717, 1.165) is 11.3 Å². The first-order valence-electron chi connectivity index (χ1n) is 12.8. The van der Waals surface area contributed by atoms with Gasteiger partial charge in [-0.1, -0.05) is 114 Å². The van der Waals surface area contributed by atoms with Crippen molar-refractivity contribution in [2.75, 3.05) is 11.6 Å². The number of esters is 1. The van der Waals surface area contributed by atoms with Gasteiger partial charge in [-0.15, -0.1) is 0 Å². The lowest BCUT2D eigenvalue weighted by atomic mass is 9.79. The molecule has 4 aromatic rings. The Labute approximate surface area is 242 Å². The first-order chi connectivity index (χ1) is 18.9. The number of fused-ring (bicyclic) bond motifs is 2. The van der Waals surface area contributed by atoms with Crippen molar-refractivity contribution in [1.82, 2.24) is 0 Å². The van der Waals surface area contributed by atoms with Crippen LogP contribution in [-0.4, -0.2) is 17.6 Å². The van der Waals surface area contributed by atoms with E-state index in [1.165, 1.54) is 39.6 Å². The van der Waals surface area contributed by atoms with E-state index in [2.05, 4.69) is 86.6 Å². The highest BCUT2D eigenvalue weighted by atomic mass is 35.5. The third-order valence-electron chi connectivity index (χ3n) is 7.19. The second kappa shape index (κ2) is 10.1. The fourth-order valence-electron chi connectivity index (χ4n) is 5.56. The minimum Gasteiger partial charge on any atom is -0.461 e. The average molecular weight is 571 g/mol. The Morgan fingerprint density at radius 2 is 1.44 bits per heavy atom. The summed E-state index contributed by atoms with van der Waals surface area (Å²) in [5, 5.41) is 7.79. The summed E-state index contributed by atoms with van der Waals surface area (Å²) < 4.78 is 4.09. The van der Waals surface area contributed by atoms with E-state index in [0.29, 0.717) is 10.1 Å². The van der Waals surface area contributed by atoms with Gasteiger partial charge in [0.15, 0.2) is 4.20 Å². The highest BCUT2D eigenvalue weighted by Crippen LogP contribution is 2.71. The van der Waals surface area contributed by atoms with Crippen molar-refractivity contribution < 1.29 is 9.53 Å². The number of ether oxygens (including phenoxy) is 1. The van der Waals surface area contributed by atoms with Gasteiger partial charge in [-0.25, -0.2) is 9.80 Å². The van der Waals surface area contributed by atoms with Crippen molar-refractivity contribution in [1.29, 1.82) is 0 Å². The minimum absolute atomic E-state index is 0.280. The largest absolute Gasteiger partial charge is 0.461 e. The van der Waals surface area contributed by atoms with Crippen LogP contribution in [0.15, 0.2) is 102 Å². The summed E-state index contributed by atoms with van der Waals surface area (Å²) in [6.45, 7) is 6.42. The summed E-state index contributed by atoms with van der Waals surface area (Å²) in [5.41, 5.74) is 7.90. The van der Waals surface area contributed by atoms with Gasteiger partial charge in [0, 0.05) is 10.6 Å². The topological polar surface area (TPSA) is 41.9 Å². The Hall–Kier alpha value is -3.19. The number of aryl methyl sites for hydroxylation is 2. The average Bonchev–Trinajstić information content (AvgIpc) is 3.46. The van der Waals surface area contributed by atoms with Gasteiger partial charge in [0.1, 0.15) is 0 Å². The highest BCUT2D eigenvalue weighted by Gasteiger charge is 2.62. The zero-order chi connectivity index (χ0) is 27.2. The van der Waals surface area contributed by atoms with Crippen LogP contribution in [0.1, 0.15) is 40.3 Å². The second-order valence-corrected chi connectivity index (χ2v) is 12.8. The lowest BCUT2D eigenvalue weighted by Crippen LogP contribution is -2.34. The Kier molecular flexibility index (Phi) is 6.74. The molecule has 1 atom stereocenters. The first-order valence-corrected chi connectivity index (χ1v) is 14.8. The molecule has 0 unspecified atom stereocenters. The van der Waals surface area contributed by atoms with Crippen LogP contribution in [0, 0.1) is 13.8 Å². The third-order valence-corrected chi connectivity index (χ3v) is 10.7. The van der Waals surface area contributed by atoms with Crippen LogP contribution in [0.4, 0.5) is 5.69 Å². The standard InChI is InChI=1S/C32H27ClN2O2S2/c1-4-37-30(36)29-34-35(24-15-11-14-23(33)20-24)32(38-29)28-19-10-9-18-27(28)31(39-32,25-16-7-5-12-21(25)2)26-17-8-6-13-22(26)3/h5-20H,4H2,1-3H3/t32-/m1/s1. The van der Waals surface area contributed by atoms with Crippen LogP contribution < -0.4 is 5.01 Å². The Balaban J connectivity index is 1.66. The molecule has 196 valence electrons. The summed E-state index contributed by atoms with van der Waals surface area (Å²) in [7, 11) is 0. The summed E-state index contributed by atoms with van der Waals surface area (Å²) >= 11 is 9.72. The summed E-state index contributed by atoms with van der Waals surface area (Å²) in [6.07, 6.45) is 0. The number of hydrogen-bond acceptors (Lipinski definition) is 6. The van der Waals surface area contributed by atoms with E-state index in [4.69, 9.17) is 21.4 Å². The molecule has 0 amide bonds. The summed E-state index contributed by atoms with van der Waals surface area (Å²) in [6, 6.07) is 33.3. The SMILES string of the molecule is CCOC(=O)C1=NN(c2cccc(Cl)c2)[C@]2(S1)SC(c1ccccc1C)(c1ccccc1C)c1ccccc12. The summed E-state index contributed by atoms with van der Waals surface area (Å²) in [4.78, 5) is 13.1. The van der Waals surface area contributed by atoms with Gasteiger partial charge in [0.25, 0.3) is 0 Å². The zero-order valence-electron chi connectivity index (χ0n) is 21.9. The predicted molar refractivity (Wildman–Crippen MR) is 164 cm³/mol. The van der Waals surface area contributed by atoms with E-state index < -0.39 is 14.9 Å². The number of carbonyl (C=O) groups is 1. The Morgan fingerprint density at radius 1 is 0.846 bits per heavy atom. The number of carbonyl (C=O) groups excluding carboxylic acids is 1. The molecule has 7 heteroatoms. The summed E-state index contributed by atoms with van der Waals surface area (Å²) in [5.74, 6) is -0.422. The van der Waals surface area contributed by atoms with Gasteiger partial charge in [-0.05, 0) is 66.8 Å². The molecule has 0 bridgehead atoms. The number of halogens is 1. The molecule has 2 aliphatic heterocycles. The molecule has 4 aromatic carbocycles. The molecule has 2 heterocycles. The second-order valence-electron chi connectivity index (χ2n) is 9.56. The van der Waals surface area contributed by atoms with Gasteiger partial charge in [0.2, 0.25) is 5.04 Å². The van der Waals surface area contributed by atoms with E-state index in [9.17, 15) is 4.79 Å². The molecule has 39 heavy (non-hydrogen) atoms. The quantitative estimate of drug-likeness (QED) is 0.226. The lowest BCUT2D eigenvalue weighted by molar-refractivity contribution is -0.134. The number of anilines is 1. The lowest BCUT2D eigenvalue weighted by Gasteiger charge is -2.38. The number of hydrazone groups is 1. The van der Waals surface area contributed by atoms with Crippen molar-refractivity contribution in [2.45, 2.75) is 29.7 Å². The van der Waals surface area contributed by atoms with Crippen molar-refractivity contribution in [2.24, 2.45) is 5.10 Å². The normalized spacial score (nSPS) is 19.2. The molecule has 0 aromatic heterocycles. The Bertz CT molecular complexity index is 1580. The van der Waals surface area contributed by atoms with Crippen LogP contribution in [-0.2, 0) is 18.5 Å². The number of rotatable bonds is 5. The predicted octanol–water partition coefficient (Wildman–Crippen LogP) is 8.24. The monoisotopic (exact) mass is 570 g/mol. The van der Waals surface area contributed by atoms with E-state index >= 15 is 0 Å². The molecule has 2 aliphatic rings. The van der Waals surface area contributed by atoms with E-state index in [-0.39, 0.29) is 6.61 Å². The van der Waals surface area contributed by atoms with Gasteiger partial charge < -0.3 is 4.74 Å². The fourth-order valence-corrected chi connectivity index (χ4v) is 9.47. The first kappa shape index (κ1) is 26.1.